The minimum Gasteiger partial charge on any atom is -0.381 e. The second-order valence-electron chi connectivity index (χ2n) is 3.63. The van der Waals surface area contributed by atoms with Crippen LogP contribution in [0.5, 0.6) is 0 Å². The third-order valence-electron chi connectivity index (χ3n) is 2.48. The fourth-order valence-corrected chi connectivity index (χ4v) is 2.30. The van der Waals surface area contributed by atoms with Gasteiger partial charge in [0.25, 0.3) is 0 Å². The number of thiophene rings is 1. The first-order valence-electron chi connectivity index (χ1n) is 5.19. The van der Waals surface area contributed by atoms with Crippen molar-refractivity contribution in [2.24, 2.45) is 0 Å². The number of hydrogen-bond acceptors (Lipinski definition) is 5. The Labute approximate surface area is 98.7 Å². The quantitative estimate of drug-likeness (QED) is 0.886. The zero-order valence-corrected chi connectivity index (χ0v) is 10.5. The zero-order chi connectivity index (χ0) is 11.5. The van der Waals surface area contributed by atoms with Gasteiger partial charge in [-0.3, -0.25) is 0 Å². The van der Waals surface area contributed by atoms with Gasteiger partial charge in [-0.25, -0.2) is 9.97 Å². The van der Waals surface area contributed by atoms with Crippen molar-refractivity contribution in [1.29, 1.82) is 0 Å². The molecule has 86 valence electrons. The van der Waals surface area contributed by atoms with Crippen molar-refractivity contribution in [3.05, 3.63) is 17.3 Å². The maximum absolute atomic E-state index is 5.22. The number of rotatable bonds is 4. The lowest BCUT2D eigenvalue weighted by molar-refractivity contribution is 0.117. The molecule has 16 heavy (non-hydrogen) atoms. The molecule has 5 heteroatoms. The molecule has 0 aromatic carbocycles. The number of ether oxygens (including phenoxy) is 1. The first-order valence-corrected chi connectivity index (χ1v) is 6.07. The molecule has 4 nitrogen and oxygen atoms in total. The summed E-state index contributed by atoms with van der Waals surface area (Å²) in [6, 6.07) is 2.04. The third kappa shape index (κ3) is 2.15. The molecule has 0 saturated carbocycles. The number of hydrogen-bond donors (Lipinski definition) is 1. The fourth-order valence-electron chi connectivity index (χ4n) is 1.52. The summed E-state index contributed by atoms with van der Waals surface area (Å²) in [5, 5.41) is 6.22. The van der Waals surface area contributed by atoms with E-state index in [1.807, 2.05) is 25.4 Å². The molecule has 2 heterocycles. The summed E-state index contributed by atoms with van der Waals surface area (Å²) in [6.07, 6.45) is 0.876. The molecule has 1 unspecified atom stereocenters. The Hall–Kier alpha value is -1.20. The van der Waals surface area contributed by atoms with Gasteiger partial charge in [-0.15, -0.1) is 11.3 Å². The summed E-state index contributed by atoms with van der Waals surface area (Å²) in [4.78, 5) is 10.0. The summed E-state index contributed by atoms with van der Waals surface area (Å²) in [6.45, 7) is 2.01. The van der Waals surface area contributed by atoms with E-state index in [1.165, 1.54) is 0 Å². The molecule has 0 aliphatic heterocycles. The van der Waals surface area contributed by atoms with Crippen LogP contribution in [0.1, 0.15) is 12.7 Å². The highest BCUT2D eigenvalue weighted by atomic mass is 32.1. The van der Waals surface area contributed by atoms with Crippen molar-refractivity contribution in [1.82, 2.24) is 9.97 Å². The molecular weight excluding hydrogens is 222 g/mol. The van der Waals surface area contributed by atoms with Gasteiger partial charge in [-0.05, 0) is 18.4 Å². The summed E-state index contributed by atoms with van der Waals surface area (Å²) in [7, 11) is 3.58. The first kappa shape index (κ1) is 11.3. The van der Waals surface area contributed by atoms with E-state index in [2.05, 4.69) is 15.3 Å². The second-order valence-corrected chi connectivity index (χ2v) is 4.52. The van der Waals surface area contributed by atoms with Crippen LogP contribution in [0.2, 0.25) is 0 Å². The fraction of sp³-hybridized carbons (Fsp3) is 0.455. The van der Waals surface area contributed by atoms with E-state index in [-0.39, 0.29) is 6.10 Å². The zero-order valence-electron chi connectivity index (χ0n) is 9.65. The number of methoxy groups -OCH3 is 1. The lowest BCUT2D eigenvalue weighted by Crippen LogP contribution is -2.12. The Morgan fingerprint density at radius 2 is 2.31 bits per heavy atom. The van der Waals surface area contributed by atoms with Crippen LogP contribution in [-0.4, -0.2) is 30.2 Å². The van der Waals surface area contributed by atoms with Gasteiger partial charge in [0.05, 0.1) is 11.5 Å². The first-order chi connectivity index (χ1) is 7.74. The molecule has 0 aliphatic rings. The molecule has 0 saturated heterocycles. The number of anilines is 1. The van der Waals surface area contributed by atoms with Crippen LogP contribution in [0.3, 0.4) is 0 Å². The Kier molecular flexibility index (Phi) is 3.36. The summed E-state index contributed by atoms with van der Waals surface area (Å²) >= 11 is 1.63. The van der Waals surface area contributed by atoms with Crippen molar-refractivity contribution in [3.8, 4) is 0 Å². The van der Waals surface area contributed by atoms with Gasteiger partial charge in [0.2, 0.25) is 0 Å². The Balaban J connectivity index is 2.39. The summed E-state index contributed by atoms with van der Waals surface area (Å²) in [5.41, 5.74) is 0. The van der Waals surface area contributed by atoms with Crippen molar-refractivity contribution < 1.29 is 4.74 Å². The van der Waals surface area contributed by atoms with Crippen molar-refractivity contribution in [2.75, 3.05) is 19.5 Å². The summed E-state index contributed by atoms with van der Waals surface area (Å²) in [5.74, 6) is 1.72. The Bertz CT molecular complexity index is 483. The van der Waals surface area contributed by atoms with E-state index in [9.17, 15) is 0 Å². The van der Waals surface area contributed by atoms with Gasteiger partial charge < -0.3 is 10.1 Å². The Morgan fingerprint density at radius 3 is 3.00 bits per heavy atom. The maximum atomic E-state index is 5.22. The molecule has 2 rings (SSSR count). The SMILES string of the molecule is CNc1nc(CC(C)OC)nc2sccc12. The highest BCUT2D eigenvalue weighted by Crippen LogP contribution is 2.24. The van der Waals surface area contributed by atoms with Gasteiger partial charge in [0, 0.05) is 20.6 Å². The van der Waals surface area contributed by atoms with Gasteiger partial charge in [0.15, 0.2) is 0 Å². The average Bonchev–Trinajstić information content (AvgIpc) is 2.75. The molecule has 1 N–H and O–H groups in total. The van der Waals surface area contributed by atoms with Crippen molar-refractivity contribution >= 4 is 27.4 Å². The van der Waals surface area contributed by atoms with Crippen LogP contribution >= 0.6 is 11.3 Å². The van der Waals surface area contributed by atoms with Crippen molar-refractivity contribution in [3.63, 3.8) is 0 Å². The molecule has 0 aliphatic carbocycles. The molecule has 2 aromatic heterocycles. The van der Waals surface area contributed by atoms with E-state index in [1.54, 1.807) is 18.4 Å². The molecule has 0 radical (unpaired) electrons. The minimum absolute atomic E-state index is 0.141. The number of nitrogens with zero attached hydrogens (tertiary/aromatic N) is 2. The number of fused-ring (bicyclic) bond motifs is 1. The predicted molar refractivity (Wildman–Crippen MR) is 67.1 cm³/mol. The van der Waals surface area contributed by atoms with Gasteiger partial charge in [0.1, 0.15) is 16.5 Å². The number of nitrogens with one attached hydrogen (secondary N) is 1. The standard InChI is InChI=1S/C11H15N3OS/c1-7(15-3)6-9-13-10(12-2)8-4-5-16-11(8)14-9/h4-5,7H,6H2,1-3H3,(H,12,13,14). The van der Waals surface area contributed by atoms with Gasteiger partial charge in [-0.2, -0.15) is 0 Å². The lowest BCUT2D eigenvalue weighted by Gasteiger charge is -2.09. The third-order valence-corrected chi connectivity index (χ3v) is 3.29. The van der Waals surface area contributed by atoms with Crippen molar-refractivity contribution in [2.45, 2.75) is 19.4 Å². The predicted octanol–water partition coefficient (Wildman–Crippen LogP) is 2.31. The van der Waals surface area contributed by atoms with E-state index in [0.29, 0.717) is 0 Å². The second kappa shape index (κ2) is 4.76. The van der Waals surface area contributed by atoms with E-state index in [4.69, 9.17) is 4.74 Å². The van der Waals surface area contributed by atoms with Crippen LogP contribution in [0.15, 0.2) is 11.4 Å². The van der Waals surface area contributed by atoms with Crippen LogP contribution in [0.25, 0.3) is 10.2 Å². The van der Waals surface area contributed by atoms with Crippen LogP contribution in [0, 0.1) is 0 Å². The Morgan fingerprint density at radius 1 is 1.50 bits per heavy atom. The molecule has 0 fully saturated rings. The molecule has 0 spiro atoms. The van der Waals surface area contributed by atoms with E-state index in [0.717, 1.165) is 28.3 Å². The van der Waals surface area contributed by atoms with E-state index >= 15 is 0 Å². The highest BCUT2D eigenvalue weighted by molar-refractivity contribution is 7.16. The molecular formula is C11H15N3OS. The molecule has 0 bridgehead atoms. The van der Waals surface area contributed by atoms with Crippen LogP contribution in [-0.2, 0) is 11.2 Å². The molecule has 2 aromatic rings. The maximum Gasteiger partial charge on any atom is 0.138 e. The lowest BCUT2D eigenvalue weighted by atomic mass is 10.2. The van der Waals surface area contributed by atoms with Gasteiger partial charge in [-0.1, -0.05) is 0 Å². The largest absolute Gasteiger partial charge is 0.381 e. The average molecular weight is 237 g/mol. The normalized spacial score (nSPS) is 12.9. The van der Waals surface area contributed by atoms with Crippen LogP contribution in [0.4, 0.5) is 5.82 Å². The minimum atomic E-state index is 0.141. The number of aromatic nitrogens is 2. The molecule has 0 amide bonds. The van der Waals surface area contributed by atoms with Gasteiger partial charge >= 0.3 is 0 Å². The van der Waals surface area contributed by atoms with Crippen LogP contribution < -0.4 is 5.32 Å². The summed E-state index contributed by atoms with van der Waals surface area (Å²) < 4.78 is 5.22. The topological polar surface area (TPSA) is 47.0 Å². The smallest absolute Gasteiger partial charge is 0.138 e. The highest BCUT2D eigenvalue weighted by Gasteiger charge is 2.10. The van der Waals surface area contributed by atoms with E-state index < -0.39 is 0 Å². The monoisotopic (exact) mass is 237 g/mol. The molecule has 1 atom stereocenters.